The van der Waals surface area contributed by atoms with Gasteiger partial charge in [0.05, 0.1) is 13.7 Å². The van der Waals surface area contributed by atoms with Gasteiger partial charge in [0.1, 0.15) is 11.5 Å². The van der Waals surface area contributed by atoms with Crippen LogP contribution < -0.4 is 20.1 Å². The summed E-state index contributed by atoms with van der Waals surface area (Å²) in [5, 5.41) is 5.50. The van der Waals surface area contributed by atoms with Crippen molar-refractivity contribution in [1.29, 1.82) is 0 Å². The van der Waals surface area contributed by atoms with Crippen LogP contribution in [0, 0.1) is 0 Å². The minimum absolute atomic E-state index is 0.322. The van der Waals surface area contributed by atoms with E-state index >= 15 is 0 Å². The lowest BCUT2D eigenvalue weighted by molar-refractivity contribution is 0.262. The Morgan fingerprint density at radius 3 is 2.14 bits per heavy atom. The number of amides is 2. The topological polar surface area (TPSA) is 59.6 Å². The number of carbonyl (C=O) groups excluding carboxylic acids is 1. The predicted molar refractivity (Wildman–Crippen MR) is 83.2 cm³/mol. The van der Waals surface area contributed by atoms with Gasteiger partial charge in [-0.3, -0.25) is 0 Å². The van der Waals surface area contributed by atoms with Crippen molar-refractivity contribution >= 4 is 17.4 Å². The molecule has 0 aliphatic carbocycles. The Kier molecular flexibility index (Phi) is 5.04. The van der Waals surface area contributed by atoms with E-state index in [1.165, 1.54) is 0 Å². The number of hydrogen-bond acceptors (Lipinski definition) is 3. The van der Waals surface area contributed by atoms with Crippen LogP contribution >= 0.6 is 0 Å². The Bertz CT molecular complexity index is 614. The molecule has 2 aromatic carbocycles. The number of hydrogen-bond donors (Lipinski definition) is 2. The minimum atomic E-state index is -0.322. The average molecular weight is 286 g/mol. The van der Waals surface area contributed by atoms with Crippen molar-refractivity contribution in [1.82, 2.24) is 0 Å². The SMILES string of the molecule is CCOc1cccc(NC(=O)Nc2cccc(OC)c2)c1. The van der Waals surface area contributed by atoms with Crippen LogP contribution in [0.15, 0.2) is 48.5 Å². The molecule has 0 bridgehead atoms. The van der Waals surface area contributed by atoms with Crippen molar-refractivity contribution in [3.8, 4) is 11.5 Å². The van der Waals surface area contributed by atoms with Gasteiger partial charge in [0, 0.05) is 23.5 Å². The molecule has 110 valence electrons. The van der Waals surface area contributed by atoms with Gasteiger partial charge in [0.2, 0.25) is 0 Å². The fraction of sp³-hybridized carbons (Fsp3) is 0.188. The van der Waals surface area contributed by atoms with Crippen molar-refractivity contribution < 1.29 is 14.3 Å². The molecule has 2 amide bonds. The van der Waals surface area contributed by atoms with Crippen LogP contribution in [0.4, 0.5) is 16.2 Å². The maximum atomic E-state index is 11.9. The first kappa shape index (κ1) is 14.7. The highest BCUT2D eigenvalue weighted by molar-refractivity contribution is 5.99. The maximum absolute atomic E-state index is 11.9. The molecule has 0 saturated heterocycles. The van der Waals surface area contributed by atoms with E-state index in [0.29, 0.717) is 23.7 Å². The monoisotopic (exact) mass is 286 g/mol. The van der Waals surface area contributed by atoms with Gasteiger partial charge >= 0.3 is 6.03 Å². The molecular formula is C16H18N2O3. The summed E-state index contributed by atoms with van der Waals surface area (Å²) in [6.45, 7) is 2.50. The molecule has 21 heavy (non-hydrogen) atoms. The van der Waals surface area contributed by atoms with Crippen LogP contribution in [-0.4, -0.2) is 19.7 Å². The highest BCUT2D eigenvalue weighted by Crippen LogP contribution is 2.19. The van der Waals surface area contributed by atoms with E-state index in [-0.39, 0.29) is 6.03 Å². The Morgan fingerprint density at radius 1 is 1.00 bits per heavy atom. The fourth-order valence-electron chi connectivity index (χ4n) is 1.82. The molecule has 0 aromatic heterocycles. The molecule has 2 aromatic rings. The molecule has 0 heterocycles. The van der Waals surface area contributed by atoms with E-state index in [0.717, 1.165) is 5.75 Å². The molecule has 0 aliphatic heterocycles. The number of urea groups is 1. The molecular weight excluding hydrogens is 268 g/mol. The smallest absolute Gasteiger partial charge is 0.323 e. The van der Waals surface area contributed by atoms with Gasteiger partial charge in [-0.05, 0) is 31.2 Å². The van der Waals surface area contributed by atoms with Gasteiger partial charge in [-0.25, -0.2) is 4.79 Å². The Balaban J connectivity index is 1.99. The highest BCUT2D eigenvalue weighted by atomic mass is 16.5. The van der Waals surface area contributed by atoms with Crippen LogP contribution in [0.25, 0.3) is 0 Å². The van der Waals surface area contributed by atoms with E-state index in [4.69, 9.17) is 9.47 Å². The normalized spacial score (nSPS) is 9.81. The van der Waals surface area contributed by atoms with Gasteiger partial charge < -0.3 is 20.1 Å². The number of carbonyl (C=O) groups is 1. The minimum Gasteiger partial charge on any atom is -0.497 e. The number of ether oxygens (including phenoxy) is 2. The van der Waals surface area contributed by atoms with E-state index in [1.807, 2.05) is 31.2 Å². The standard InChI is InChI=1S/C16H18N2O3/c1-3-21-15-9-5-7-13(11-15)18-16(19)17-12-6-4-8-14(10-12)20-2/h4-11H,3H2,1-2H3,(H2,17,18,19). The molecule has 0 unspecified atom stereocenters. The Hall–Kier alpha value is -2.69. The van der Waals surface area contributed by atoms with Crippen LogP contribution in [0.1, 0.15) is 6.92 Å². The first-order chi connectivity index (χ1) is 10.2. The number of nitrogens with one attached hydrogen (secondary N) is 2. The summed E-state index contributed by atoms with van der Waals surface area (Å²) in [6, 6.07) is 14.1. The van der Waals surface area contributed by atoms with Crippen LogP contribution in [0.5, 0.6) is 11.5 Å². The van der Waals surface area contributed by atoms with Crippen molar-refractivity contribution in [2.45, 2.75) is 6.92 Å². The second kappa shape index (κ2) is 7.19. The molecule has 0 radical (unpaired) electrons. The molecule has 5 heteroatoms. The molecule has 0 spiro atoms. The van der Waals surface area contributed by atoms with Gasteiger partial charge in [0.25, 0.3) is 0 Å². The molecule has 2 N–H and O–H groups in total. The van der Waals surface area contributed by atoms with E-state index < -0.39 is 0 Å². The number of anilines is 2. The second-order valence-corrected chi connectivity index (χ2v) is 4.27. The summed E-state index contributed by atoms with van der Waals surface area (Å²) < 4.78 is 10.5. The summed E-state index contributed by atoms with van der Waals surface area (Å²) in [5.74, 6) is 1.41. The van der Waals surface area contributed by atoms with Crippen molar-refractivity contribution in [3.05, 3.63) is 48.5 Å². The summed E-state index contributed by atoms with van der Waals surface area (Å²) in [5.41, 5.74) is 1.33. The maximum Gasteiger partial charge on any atom is 0.323 e. The number of rotatable bonds is 5. The molecule has 0 fully saturated rings. The quantitative estimate of drug-likeness (QED) is 0.880. The number of methoxy groups -OCH3 is 1. The Morgan fingerprint density at radius 2 is 1.57 bits per heavy atom. The highest BCUT2D eigenvalue weighted by Gasteiger charge is 2.04. The van der Waals surface area contributed by atoms with E-state index in [2.05, 4.69) is 10.6 Å². The zero-order valence-electron chi connectivity index (χ0n) is 12.1. The lowest BCUT2D eigenvalue weighted by atomic mass is 10.3. The average Bonchev–Trinajstić information content (AvgIpc) is 2.48. The Labute approximate surface area is 123 Å². The van der Waals surface area contributed by atoms with E-state index in [1.54, 1.807) is 31.4 Å². The van der Waals surface area contributed by atoms with E-state index in [9.17, 15) is 4.79 Å². The summed E-state index contributed by atoms with van der Waals surface area (Å²) in [6.07, 6.45) is 0. The molecule has 0 atom stereocenters. The molecule has 0 saturated carbocycles. The first-order valence-electron chi connectivity index (χ1n) is 6.66. The largest absolute Gasteiger partial charge is 0.497 e. The molecule has 5 nitrogen and oxygen atoms in total. The zero-order chi connectivity index (χ0) is 15.1. The fourth-order valence-corrected chi connectivity index (χ4v) is 1.82. The predicted octanol–water partition coefficient (Wildman–Crippen LogP) is 3.74. The van der Waals surface area contributed by atoms with Crippen molar-refractivity contribution in [3.63, 3.8) is 0 Å². The lowest BCUT2D eigenvalue weighted by Crippen LogP contribution is -2.19. The third-order valence-corrected chi connectivity index (χ3v) is 2.73. The van der Waals surface area contributed by atoms with Gasteiger partial charge in [-0.1, -0.05) is 12.1 Å². The molecule has 2 rings (SSSR count). The molecule has 0 aliphatic rings. The van der Waals surface area contributed by atoms with Crippen LogP contribution in [-0.2, 0) is 0 Å². The third kappa shape index (κ3) is 4.42. The van der Waals surface area contributed by atoms with Crippen molar-refractivity contribution in [2.24, 2.45) is 0 Å². The van der Waals surface area contributed by atoms with Gasteiger partial charge in [0.15, 0.2) is 0 Å². The third-order valence-electron chi connectivity index (χ3n) is 2.73. The second-order valence-electron chi connectivity index (χ2n) is 4.27. The van der Waals surface area contributed by atoms with Gasteiger partial charge in [-0.2, -0.15) is 0 Å². The van der Waals surface area contributed by atoms with Crippen LogP contribution in [0.2, 0.25) is 0 Å². The lowest BCUT2D eigenvalue weighted by Gasteiger charge is -2.10. The van der Waals surface area contributed by atoms with Crippen molar-refractivity contribution in [2.75, 3.05) is 24.4 Å². The number of benzene rings is 2. The summed E-state index contributed by atoms with van der Waals surface area (Å²) in [7, 11) is 1.58. The van der Waals surface area contributed by atoms with Gasteiger partial charge in [-0.15, -0.1) is 0 Å². The van der Waals surface area contributed by atoms with Crippen LogP contribution in [0.3, 0.4) is 0 Å². The summed E-state index contributed by atoms with van der Waals surface area (Å²) >= 11 is 0. The summed E-state index contributed by atoms with van der Waals surface area (Å²) in [4.78, 5) is 11.9. The zero-order valence-corrected chi connectivity index (χ0v) is 12.1. The first-order valence-corrected chi connectivity index (χ1v) is 6.66.